The van der Waals surface area contributed by atoms with Crippen LogP contribution >= 0.6 is 15.9 Å². The van der Waals surface area contributed by atoms with Gasteiger partial charge in [0.15, 0.2) is 11.5 Å². The SMILES string of the molecule is COc1cc(/C=C2/NC(=O)NC2=O)c(Br)cc1OCc1ccc([N+](=O)[O-])cc1. The molecule has 144 valence electrons. The Labute approximate surface area is 167 Å². The van der Waals surface area contributed by atoms with Crippen molar-refractivity contribution in [1.82, 2.24) is 10.6 Å². The number of methoxy groups -OCH3 is 1. The van der Waals surface area contributed by atoms with Crippen LogP contribution in [0.3, 0.4) is 0 Å². The third kappa shape index (κ3) is 4.29. The average molecular weight is 448 g/mol. The van der Waals surface area contributed by atoms with Gasteiger partial charge in [0.1, 0.15) is 12.3 Å². The number of nitrogens with one attached hydrogen (secondary N) is 2. The molecule has 0 saturated carbocycles. The van der Waals surface area contributed by atoms with Crippen molar-refractivity contribution in [2.45, 2.75) is 6.61 Å². The fourth-order valence-electron chi connectivity index (χ4n) is 2.45. The van der Waals surface area contributed by atoms with Gasteiger partial charge < -0.3 is 14.8 Å². The van der Waals surface area contributed by atoms with Crippen molar-refractivity contribution in [3.05, 3.63) is 67.8 Å². The van der Waals surface area contributed by atoms with Gasteiger partial charge in [0.25, 0.3) is 11.6 Å². The van der Waals surface area contributed by atoms with E-state index in [1.54, 1.807) is 24.3 Å². The Kier molecular flexibility index (Phi) is 5.59. The number of carbonyl (C=O) groups is 2. The number of hydrogen-bond donors (Lipinski definition) is 2. The summed E-state index contributed by atoms with van der Waals surface area (Å²) in [4.78, 5) is 33.1. The molecule has 0 aromatic heterocycles. The molecule has 3 amide bonds. The zero-order chi connectivity index (χ0) is 20.3. The van der Waals surface area contributed by atoms with E-state index >= 15 is 0 Å². The predicted octanol–water partition coefficient (Wildman–Crippen LogP) is 3.13. The van der Waals surface area contributed by atoms with Gasteiger partial charge in [-0.1, -0.05) is 15.9 Å². The standard InChI is InChI=1S/C18H14BrN3O6/c1-27-15-7-11(6-14-17(23)21-18(24)20-14)13(19)8-16(15)28-9-10-2-4-12(5-3-10)22(25)26/h2-8H,9H2,1H3,(H2,20,21,23,24)/b14-6+. The minimum atomic E-state index is -0.581. The van der Waals surface area contributed by atoms with Crippen molar-refractivity contribution in [2.75, 3.05) is 7.11 Å². The second kappa shape index (κ2) is 8.09. The summed E-state index contributed by atoms with van der Waals surface area (Å²) >= 11 is 3.41. The molecule has 9 nitrogen and oxygen atoms in total. The fraction of sp³-hybridized carbons (Fsp3) is 0.111. The molecular formula is C18H14BrN3O6. The molecule has 0 aliphatic carbocycles. The van der Waals surface area contributed by atoms with E-state index in [4.69, 9.17) is 9.47 Å². The number of urea groups is 1. The average Bonchev–Trinajstić information content (AvgIpc) is 2.99. The lowest BCUT2D eigenvalue weighted by atomic mass is 10.1. The van der Waals surface area contributed by atoms with Gasteiger partial charge in [-0.15, -0.1) is 0 Å². The van der Waals surface area contributed by atoms with Crippen LogP contribution in [0, 0.1) is 10.1 Å². The Hall–Kier alpha value is -3.40. The van der Waals surface area contributed by atoms with Crippen molar-refractivity contribution < 1.29 is 24.0 Å². The van der Waals surface area contributed by atoms with Crippen molar-refractivity contribution in [3.8, 4) is 11.5 Å². The van der Waals surface area contributed by atoms with E-state index in [0.717, 1.165) is 5.56 Å². The van der Waals surface area contributed by atoms with Gasteiger partial charge in [0.2, 0.25) is 0 Å². The highest BCUT2D eigenvalue weighted by atomic mass is 79.9. The lowest BCUT2D eigenvalue weighted by Gasteiger charge is -2.13. The van der Waals surface area contributed by atoms with Gasteiger partial charge in [-0.05, 0) is 41.5 Å². The van der Waals surface area contributed by atoms with Crippen LogP contribution in [0.25, 0.3) is 6.08 Å². The summed E-state index contributed by atoms with van der Waals surface area (Å²) in [6.45, 7) is 0.180. The number of nitrogens with zero attached hydrogens (tertiary/aromatic N) is 1. The smallest absolute Gasteiger partial charge is 0.326 e. The van der Waals surface area contributed by atoms with Crippen LogP contribution in [-0.2, 0) is 11.4 Å². The first-order valence-corrected chi connectivity index (χ1v) is 8.74. The second-order valence-electron chi connectivity index (χ2n) is 5.70. The third-order valence-electron chi connectivity index (χ3n) is 3.84. The third-order valence-corrected chi connectivity index (χ3v) is 4.53. The molecule has 1 saturated heterocycles. The number of hydrogen-bond acceptors (Lipinski definition) is 6. The topological polar surface area (TPSA) is 120 Å². The molecule has 0 atom stereocenters. The number of non-ortho nitro benzene ring substituents is 1. The van der Waals surface area contributed by atoms with Gasteiger partial charge in [0.05, 0.1) is 12.0 Å². The molecule has 0 spiro atoms. The molecule has 2 aromatic carbocycles. The number of halogens is 1. The van der Waals surface area contributed by atoms with Crippen LogP contribution in [0.1, 0.15) is 11.1 Å². The van der Waals surface area contributed by atoms with E-state index in [1.807, 2.05) is 0 Å². The molecular weight excluding hydrogens is 434 g/mol. The zero-order valence-electron chi connectivity index (χ0n) is 14.5. The maximum absolute atomic E-state index is 11.7. The molecule has 2 N–H and O–H groups in total. The lowest BCUT2D eigenvalue weighted by molar-refractivity contribution is -0.384. The first-order chi connectivity index (χ1) is 13.4. The Bertz CT molecular complexity index is 988. The molecule has 1 heterocycles. The lowest BCUT2D eigenvalue weighted by Crippen LogP contribution is -2.22. The normalized spacial score (nSPS) is 14.6. The number of ether oxygens (including phenoxy) is 2. The highest BCUT2D eigenvalue weighted by Crippen LogP contribution is 2.35. The van der Waals surface area contributed by atoms with Crippen molar-refractivity contribution in [2.24, 2.45) is 0 Å². The Morgan fingerprint density at radius 2 is 1.86 bits per heavy atom. The van der Waals surface area contributed by atoms with Gasteiger partial charge in [-0.3, -0.25) is 20.2 Å². The highest BCUT2D eigenvalue weighted by molar-refractivity contribution is 9.10. The van der Waals surface area contributed by atoms with Crippen molar-refractivity contribution >= 4 is 39.6 Å². The van der Waals surface area contributed by atoms with Crippen LogP contribution in [0.4, 0.5) is 10.5 Å². The molecule has 3 rings (SSSR count). The van der Waals surface area contributed by atoms with Crippen LogP contribution in [0.5, 0.6) is 11.5 Å². The summed E-state index contributed by atoms with van der Waals surface area (Å²) in [6.07, 6.45) is 1.51. The van der Waals surface area contributed by atoms with E-state index in [9.17, 15) is 19.7 Å². The van der Waals surface area contributed by atoms with Crippen molar-refractivity contribution in [1.29, 1.82) is 0 Å². The van der Waals surface area contributed by atoms with Gasteiger partial charge in [-0.2, -0.15) is 0 Å². The number of benzene rings is 2. The Balaban J connectivity index is 1.79. The van der Waals surface area contributed by atoms with Crippen LogP contribution in [0.15, 0.2) is 46.6 Å². The Morgan fingerprint density at radius 1 is 1.14 bits per heavy atom. The highest BCUT2D eigenvalue weighted by Gasteiger charge is 2.23. The van der Waals surface area contributed by atoms with E-state index in [-0.39, 0.29) is 18.0 Å². The fourth-order valence-corrected chi connectivity index (χ4v) is 2.88. The summed E-state index contributed by atoms with van der Waals surface area (Å²) < 4.78 is 11.7. The molecule has 0 radical (unpaired) electrons. The predicted molar refractivity (Wildman–Crippen MR) is 103 cm³/mol. The van der Waals surface area contributed by atoms with E-state index < -0.39 is 16.9 Å². The second-order valence-corrected chi connectivity index (χ2v) is 6.56. The molecule has 1 fully saturated rings. The molecule has 0 bridgehead atoms. The number of carbonyl (C=O) groups excluding carboxylic acids is 2. The molecule has 1 aliphatic rings. The van der Waals surface area contributed by atoms with E-state index in [1.165, 1.54) is 25.3 Å². The van der Waals surface area contributed by atoms with Crippen molar-refractivity contribution in [3.63, 3.8) is 0 Å². The van der Waals surface area contributed by atoms with Crippen LogP contribution in [0.2, 0.25) is 0 Å². The number of rotatable bonds is 6. The first kappa shape index (κ1) is 19.4. The van der Waals surface area contributed by atoms with Gasteiger partial charge >= 0.3 is 6.03 Å². The van der Waals surface area contributed by atoms with Crippen LogP contribution < -0.4 is 20.1 Å². The van der Waals surface area contributed by atoms with E-state index in [2.05, 4.69) is 26.6 Å². The summed E-state index contributed by atoms with van der Waals surface area (Å²) in [5.74, 6) is 0.339. The summed E-state index contributed by atoms with van der Waals surface area (Å²) in [5, 5.41) is 15.2. The van der Waals surface area contributed by atoms with Gasteiger partial charge in [-0.25, -0.2) is 4.79 Å². The minimum Gasteiger partial charge on any atom is -0.493 e. The maximum atomic E-state index is 11.7. The summed E-state index contributed by atoms with van der Waals surface area (Å²) in [5.41, 5.74) is 1.48. The number of nitro benzene ring substituents is 1. The molecule has 2 aromatic rings. The zero-order valence-corrected chi connectivity index (χ0v) is 16.1. The Morgan fingerprint density at radius 3 is 2.43 bits per heavy atom. The first-order valence-electron chi connectivity index (χ1n) is 7.95. The quantitative estimate of drug-likeness (QED) is 0.303. The number of amides is 3. The number of nitro groups is 1. The summed E-state index contributed by atoms with van der Waals surface area (Å²) in [7, 11) is 1.48. The van der Waals surface area contributed by atoms with Crippen LogP contribution in [-0.4, -0.2) is 24.0 Å². The largest absolute Gasteiger partial charge is 0.493 e. The number of imide groups is 1. The minimum absolute atomic E-state index is 0.00417. The molecule has 10 heteroatoms. The monoisotopic (exact) mass is 447 g/mol. The summed E-state index contributed by atoms with van der Waals surface area (Å²) in [6, 6.07) is 8.78. The van der Waals surface area contributed by atoms with Gasteiger partial charge in [0, 0.05) is 16.6 Å². The molecule has 1 aliphatic heterocycles. The van der Waals surface area contributed by atoms with E-state index in [0.29, 0.717) is 21.5 Å². The molecule has 0 unspecified atom stereocenters. The maximum Gasteiger partial charge on any atom is 0.326 e. The molecule has 28 heavy (non-hydrogen) atoms.